The van der Waals surface area contributed by atoms with Crippen LogP contribution in [-0.4, -0.2) is 36.6 Å². The molecule has 116 valence electrons. The first-order chi connectivity index (χ1) is 10.6. The maximum absolute atomic E-state index is 12.5. The van der Waals surface area contributed by atoms with E-state index >= 15 is 0 Å². The SMILES string of the molecule is CN(C)c1ccc(NC(=O)N2CCCC2c2cccs2)cn1. The van der Waals surface area contributed by atoms with Gasteiger partial charge in [0.1, 0.15) is 5.82 Å². The highest BCUT2D eigenvalue weighted by molar-refractivity contribution is 7.10. The number of aromatic nitrogens is 1. The Morgan fingerprint density at radius 3 is 2.91 bits per heavy atom. The molecule has 1 N–H and O–H groups in total. The summed E-state index contributed by atoms with van der Waals surface area (Å²) in [5, 5.41) is 5.02. The molecule has 2 aromatic rings. The van der Waals surface area contributed by atoms with Crippen molar-refractivity contribution in [3.8, 4) is 0 Å². The molecule has 1 aliphatic heterocycles. The Bertz CT molecular complexity index is 624. The summed E-state index contributed by atoms with van der Waals surface area (Å²) in [6.45, 7) is 0.803. The number of rotatable bonds is 3. The number of nitrogens with one attached hydrogen (secondary N) is 1. The van der Waals surface area contributed by atoms with Crippen LogP contribution in [0.3, 0.4) is 0 Å². The third-order valence-electron chi connectivity index (χ3n) is 3.84. The van der Waals surface area contributed by atoms with E-state index in [0.29, 0.717) is 0 Å². The summed E-state index contributed by atoms with van der Waals surface area (Å²) in [4.78, 5) is 22.0. The fraction of sp³-hybridized carbons (Fsp3) is 0.375. The van der Waals surface area contributed by atoms with Crippen LogP contribution in [0.5, 0.6) is 0 Å². The first-order valence-corrected chi connectivity index (χ1v) is 8.27. The first kappa shape index (κ1) is 14.8. The number of urea groups is 1. The molecule has 5 nitrogen and oxygen atoms in total. The molecule has 1 atom stereocenters. The Morgan fingerprint density at radius 1 is 1.41 bits per heavy atom. The molecule has 6 heteroatoms. The van der Waals surface area contributed by atoms with E-state index in [4.69, 9.17) is 0 Å². The number of hydrogen-bond donors (Lipinski definition) is 1. The maximum Gasteiger partial charge on any atom is 0.322 e. The van der Waals surface area contributed by atoms with Crippen molar-refractivity contribution in [2.45, 2.75) is 18.9 Å². The molecule has 1 aliphatic rings. The van der Waals surface area contributed by atoms with E-state index < -0.39 is 0 Å². The predicted molar refractivity (Wildman–Crippen MR) is 90.6 cm³/mol. The van der Waals surface area contributed by atoms with Crippen LogP contribution in [0, 0.1) is 0 Å². The summed E-state index contributed by atoms with van der Waals surface area (Å²) in [6, 6.07) is 8.09. The number of thiophene rings is 1. The van der Waals surface area contributed by atoms with Crippen LogP contribution in [0.2, 0.25) is 0 Å². The molecule has 3 rings (SSSR count). The number of hydrogen-bond acceptors (Lipinski definition) is 4. The van der Waals surface area contributed by atoms with Crippen LogP contribution < -0.4 is 10.2 Å². The fourth-order valence-electron chi connectivity index (χ4n) is 2.71. The van der Waals surface area contributed by atoms with Crippen LogP contribution in [0.1, 0.15) is 23.8 Å². The summed E-state index contributed by atoms with van der Waals surface area (Å²) >= 11 is 1.71. The normalized spacial score (nSPS) is 17.5. The quantitative estimate of drug-likeness (QED) is 0.941. The largest absolute Gasteiger partial charge is 0.363 e. The van der Waals surface area contributed by atoms with Gasteiger partial charge in [-0.25, -0.2) is 9.78 Å². The highest BCUT2D eigenvalue weighted by Crippen LogP contribution is 2.34. The fourth-order valence-corrected chi connectivity index (χ4v) is 3.58. The van der Waals surface area contributed by atoms with Crippen molar-refractivity contribution < 1.29 is 4.79 Å². The van der Waals surface area contributed by atoms with Gasteiger partial charge in [-0.2, -0.15) is 0 Å². The molecule has 0 bridgehead atoms. The second kappa shape index (κ2) is 6.36. The topological polar surface area (TPSA) is 48.5 Å². The lowest BCUT2D eigenvalue weighted by Crippen LogP contribution is -2.34. The Balaban J connectivity index is 1.68. The molecule has 0 radical (unpaired) electrons. The molecule has 3 heterocycles. The number of amides is 2. The van der Waals surface area contributed by atoms with E-state index in [1.807, 2.05) is 42.1 Å². The molecule has 0 spiro atoms. The van der Waals surface area contributed by atoms with Gasteiger partial charge in [0.25, 0.3) is 0 Å². The average molecular weight is 316 g/mol. The van der Waals surface area contributed by atoms with Gasteiger partial charge in [-0.3, -0.25) is 0 Å². The zero-order valence-electron chi connectivity index (χ0n) is 12.8. The molecular formula is C16H20N4OS. The lowest BCUT2D eigenvalue weighted by molar-refractivity contribution is 0.208. The minimum absolute atomic E-state index is 0.0460. The molecular weight excluding hydrogens is 296 g/mol. The summed E-state index contributed by atoms with van der Waals surface area (Å²) in [5.41, 5.74) is 0.729. The average Bonchev–Trinajstić information content (AvgIpc) is 3.18. The number of pyridine rings is 1. The van der Waals surface area contributed by atoms with Crippen molar-refractivity contribution in [3.05, 3.63) is 40.7 Å². The van der Waals surface area contributed by atoms with Crippen LogP contribution in [0.15, 0.2) is 35.8 Å². The minimum Gasteiger partial charge on any atom is -0.363 e. The second-order valence-electron chi connectivity index (χ2n) is 5.60. The van der Waals surface area contributed by atoms with Crippen molar-refractivity contribution in [2.24, 2.45) is 0 Å². The van der Waals surface area contributed by atoms with Crippen molar-refractivity contribution in [2.75, 3.05) is 30.9 Å². The van der Waals surface area contributed by atoms with Crippen LogP contribution in [0.25, 0.3) is 0 Å². The van der Waals surface area contributed by atoms with Crippen molar-refractivity contribution in [3.63, 3.8) is 0 Å². The highest BCUT2D eigenvalue weighted by atomic mass is 32.1. The summed E-state index contributed by atoms with van der Waals surface area (Å²) in [7, 11) is 3.88. The smallest absolute Gasteiger partial charge is 0.322 e. The maximum atomic E-state index is 12.5. The molecule has 1 unspecified atom stereocenters. The standard InChI is InChI=1S/C16H20N4OS/c1-19(2)15-8-7-12(11-17-15)18-16(21)20-9-3-5-13(20)14-6-4-10-22-14/h4,6-8,10-11,13H,3,5,9H2,1-2H3,(H,18,21). The molecule has 0 saturated carbocycles. The predicted octanol–water partition coefficient (Wildman–Crippen LogP) is 3.58. The van der Waals surface area contributed by atoms with E-state index in [0.717, 1.165) is 30.9 Å². The summed E-state index contributed by atoms with van der Waals surface area (Å²) in [5.74, 6) is 0.871. The molecule has 0 aromatic carbocycles. The van der Waals surface area contributed by atoms with Crippen LogP contribution in [0.4, 0.5) is 16.3 Å². The van der Waals surface area contributed by atoms with E-state index in [2.05, 4.69) is 21.7 Å². The molecule has 1 fully saturated rings. The van der Waals surface area contributed by atoms with Crippen LogP contribution >= 0.6 is 11.3 Å². The number of carbonyl (C=O) groups excluding carboxylic acids is 1. The van der Waals surface area contributed by atoms with Gasteiger partial charge in [0.05, 0.1) is 17.9 Å². The van der Waals surface area contributed by atoms with Gasteiger partial charge >= 0.3 is 6.03 Å². The lowest BCUT2D eigenvalue weighted by atomic mass is 10.2. The molecule has 2 amide bonds. The second-order valence-corrected chi connectivity index (χ2v) is 6.58. The van der Waals surface area contributed by atoms with Gasteiger partial charge in [0.15, 0.2) is 0 Å². The van der Waals surface area contributed by atoms with Gasteiger partial charge in [-0.1, -0.05) is 6.07 Å². The van der Waals surface area contributed by atoms with Gasteiger partial charge in [-0.05, 0) is 36.4 Å². The van der Waals surface area contributed by atoms with Crippen molar-refractivity contribution in [1.29, 1.82) is 0 Å². The van der Waals surface area contributed by atoms with Gasteiger partial charge in [-0.15, -0.1) is 11.3 Å². The Morgan fingerprint density at radius 2 is 2.27 bits per heavy atom. The Hall–Kier alpha value is -2.08. The lowest BCUT2D eigenvalue weighted by Gasteiger charge is -2.24. The number of anilines is 2. The third-order valence-corrected chi connectivity index (χ3v) is 4.82. The number of nitrogens with zero attached hydrogens (tertiary/aromatic N) is 3. The summed E-state index contributed by atoms with van der Waals surface area (Å²) in [6.07, 6.45) is 3.78. The van der Waals surface area contributed by atoms with Gasteiger partial charge < -0.3 is 15.1 Å². The highest BCUT2D eigenvalue weighted by Gasteiger charge is 2.30. The van der Waals surface area contributed by atoms with Gasteiger partial charge in [0, 0.05) is 25.5 Å². The molecule has 0 aliphatic carbocycles. The zero-order chi connectivity index (χ0) is 15.5. The third kappa shape index (κ3) is 3.06. The minimum atomic E-state index is -0.0460. The van der Waals surface area contributed by atoms with E-state index in [-0.39, 0.29) is 12.1 Å². The van der Waals surface area contributed by atoms with Crippen LogP contribution in [-0.2, 0) is 0 Å². The Kier molecular flexibility index (Phi) is 4.29. The number of likely N-dealkylation sites (tertiary alicyclic amines) is 1. The van der Waals surface area contributed by atoms with E-state index in [1.165, 1.54) is 4.88 Å². The van der Waals surface area contributed by atoms with E-state index in [9.17, 15) is 4.79 Å². The first-order valence-electron chi connectivity index (χ1n) is 7.39. The summed E-state index contributed by atoms with van der Waals surface area (Å²) < 4.78 is 0. The van der Waals surface area contributed by atoms with Gasteiger partial charge in [0.2, 0.25) is 0 Å². The van der Waals surface area contributed by atoms with Crippen molar-refractivity contribution in [1.82, 2.24) is 9.88 Å². The Labute approximate surface area is 134 Å². The zero-order valence-corrected chi connectivity index (χ0v) is 13.6. The van der Waals surface area contributed by atoms with E-state index in [1.54, 1.807) is 17.5 Å². The number of carbonyl (C=O) groups is 1. The molecule has 22 heavy (non-hydrogen) atoms. The molecule has 2 aromatic heterocycles. The monoisotopic (exact) mass is 316 g/mol. The van der Waals surface area contributed by atoms with Crippen molar-refractivity contribution >= 4 is 28.9 Å². The molecule has 1 saturated heterocycles.